The molecule has 18 atom stereocenters. The molecule has 0 aromatic heterocycles. The van der Waals surface area contributed by atoms with Crippen LogP contribution in [0.2, 0.25) is 19.6 Å². The molecule has 380 valence electrons. The second kappa shape index (κ2) is 21.2. The quantitative estimate of drug-likeness (QED) is 0.0996. The molecule has 8 aliphatic rings. The van der Waals surface area contributed by atoms with Crippen molar-refractivity contribution in [3.63, 3.8) is 0 Å². The number of aldehydes is 1. The molecule has 8 aliphatic carbocycles. The van der Waals surface area contributed by atoms with Crippen molar-refractivity contribution in [3.05, 3.63) is 23.5 Å². The molecule has 0 spiro atoms. The molecule has 9 heteroatoms. The van der Waals surface area contributed by atoms with E-state index in [4.69, 9.17) is 18.7 Å². The number of aliphatic hydroxyl groups is 1. The highest BCUT2D eigenvalue weighted by Gasteiger charge is 2.65. The van der Waals surface area contributed by atoms with Crippen LogP contribution in [0.4, 0.5) is 0 Å². The summed E-state index contributed by atoms with van der Waals surface area (Å²) in [5.41, 5.74) is 2.13. The van der Waals surface area contributed by atoms with Crippen LogP contribution in [0.5, 0.6) is 0 Å². The predicted octanol–water partition coefficient (Wildman–Crippen LogP) is 13.4. The predicted molar refractivity (Wildman–Crippen MR) is 271 cm³/mol. The minimum atomic E-state index is -1.68. The van der Waals surface area contributed by atoms with E-state index in [1.807, 2.05) is 6.92 Å². The van der Waals surface area contributed by atoms with Crippen molar-refractivity contribution in [1.29, 1.82) is 0 Å². The molecule has 0 radical (unpaired) electrons. The average molecular weight is 949 g/mol. The molecular weight excluding hydrogens is 853 g/mol. The summed E-state index contributed by atoms with van der Waals surface area (Å²) in [5, 5.41) is 10.4. The second-order valence-corrected chi connectivity index (χ2v) is 30.2. The largest absolute Gasteiger partial charge is 0.547 e. The van der Waals surface area contributed by atoms with E-state index in [9.17, 15) is 19.5 Å². The van der Waals surface area contributed by atoms with Gasteiger partial charge in [-0.15, -0.1) is 0 Å². The van der Waals surface area contributed by atoms with Crippen LogP contribution in [0.25, 0.3) is 0 Å². The van der Waals surface area contributed by atoms with Crippen molar-refractivity contribution in [2.75, 3.05) is 14.2 Å². The average Bonchev–Trinajstić information content (AvgIpc) is 3.82. The van der Waals surface area contributed by atoms with Gasteiger partial charge in [0.25, 0.3) is 0 Å². The molecule has 67 heavy (non-hydrogen) atoms. The van der Waals surface area contributed by atoms with Crippen LogP contribution in [-0.2, 0) is 33.1 Å². The van der Waals surface area contributed by atoms with Gasteiger partial charge in [0, 0.05) is 24.7 Å². The number of hydrogen-bond donors (Lipinski definition) is 1. The Balaban J connectivity index is 0.000000209. The number of Topliss-reactive ketones (excluding diaryl/α,β-unsaturated/α-hetero) is 1. The standard InChI is InChI=1S/C29H50O3Si.C27H42O4.C2H4O/c1-19-13-15-28(3)21(17-19)18-25(32-33(6,7)8)27-23-11-10-22(20(2)9-12-26(30)31-5)29(23,4)16-14-24(27)28;1-6-18-22-15-17(28)11-13-27(22,4)21-12-14-26(3)19(16(2)7-10-23(29)31-5)8-9-20(26)24(21)25(18)30;1-2-3/h18-24,27H,9-17H2,1-8H3;6,16-17,19-22,24,28H,7-15H2,1-5H3;2H,1H3/b;18-6+;/t19-,20-,21?,22?,23?,24?,27?,28+,29-;16-,17-,19?,20?,21?,22?,24?,26-,27-;/m11./s1. The number of ketones is 1. The van der Waals surface area contributed by atoms with Gasteiger partial charge in [-0.3, -0.25) is 14.4 Å². The van der Waals surface area contributed by atoms with Crippen molar-refractivity contribution < 1.29 is 38.2 Å². The van der Waals surface area contributed by atoms with Gasteiger partial charge in [0.15, 0.2) is 5.78 Å². The fourth-order valence-corrected chi connectivity index (χ4v) is 18.7. The van der Waals surface area contributed by atoms with Gasteiger partial charge < -0.3 is 23.8 Å². The summed E-state index contributed by atoms with van der Waals surface area (Å²) in [5.74, 6) is 8.81. The lowest BCUT2D eigenvalue weighted by molar-refractivity contribution is -0.150. The molecule has 10 unspecified atom stereocenters. The molecule has 0 bridgehead atoms. The highest BCUT2D eigenvalue weighted by Crippen LogP contribution is 2.70. The Hall–Kier alpha value is -2.26. The third kappa shape index (κ3) is 10.4. The van der Waals surface area contributed by atoms with Gasteiger partial charge >= 0.3 is 11.9 Å². The van der Waals surface area contributed by atoms with E-state index in [-0.39, 0.29) is 40.7 Å². The molecule has 0 aromatic rings. The van der Waals surface area contributed by atoms with Gasteiger partial charge in [-0.2, -0.15) is 0 Å². The Morgan fingerprint density at radius 1 is 0.716 bits per heavy atom. The lowest BCUT2D eigenvalue weighted by atomic mass is 9.43. The monoisotopic (exact) mass is 949 g/mol. The molecule has 0 amide bonds. The topological polar surface area (TPSA) is 116 Å². The molecule has 7 saturated carbocycles. The van der Waals surface area contributed by atoms with Crippen LogP contribution in [-0.4, -0.2) is 57.8 Å². The Bertz CT molecular complexity index is 1830. The lowest BCUT2D eigenvalue weighted by Crippen LogP contribution is -2.58. The van der Waals surface area contributed by atoms with Crippen LogP contribution in [0.1, 0.15) is 178 Å². The Morgan fingerprint density at radius 2 is 1.18 bits per heavy atom. The molecule has 8 rings (SSSR count). The number of aliphatic hydroxyl groups excluding tert-OH is 1. The number of rotatable bonds is 10. The van der Waals surface area contributed by atoms with E-state index in [2.05, 4.69) is 80.3 Å². The minimum Gasteiger partial charge on any atom is -0.547 e. The molecule has 1 N–H and O–H groups in total. The highest BCUT2D eigenvalue weighted by atomic mass is 28.4. The number of esters is 2. The van der Waals surface area contributed by atoms with Crippen LogP contribution in [0.3, 0.4) is 0 Å². The number of carbonyl (C=O) groups excluding carboxylic acids is 4. The smallest absolute Gasteiger partial charge is 0.305 e. The molecular formula is C58H96O8Si. The van der Waals surface area contributed by atoms with Gasteiger partial charge in [0.1, 0.15) is 6.29 Å². The van der Waals surface area contributed by atoms with Crippen molar-refractivity contribution >= 4 is 32.3 Å². The molecule has 0 aromatic carbocycles. The summed E-state index contributed by atoms with van der Waals surface area (Å²) < 4.78 is 16.8. The van der Waals surface area contributed by atoms with E-state index in [0.717, 1.165) is 74.6 Å². The van der Waals surface area contributed by atoms with Gasteiger partial charge in [0.2, 0.25) is 8.32 Å². The summed E-state index contributed by atoms with van der Waals surface area (Å²) in [6.07, 6.45) is 24.8. The van der Waals surface area contributed by atoms with E-state index in [1.54, 1.807) is 0 Å². The van der Waals surface area contributed by atoms with Gasteiger partial charge in [-0.25, -0.2) is 0 Å². The Kier molecular flexibility index (Phi) is 17.1. The van der Waals surface area contributed by atoms with Gasteiger partial charge in [0.05, 0.1) is 26.1 Å². The third-order valence-corrected chi connectivity index (χ3v) is 22.1. The highest BCUT2D eigenvalue weighted by molar-refractivity contribution is 6.70. The number of carbonyl (C=O) groups is 4. The normalized spacial score (nSPS) is 43.3. The Labute approximate surface area is 408 Å². The maximum Gasteiger partial charge on any atom is 0.305 e. The minimum absolute atomic E-state index is 0.0585. The van der Waals surface area contributed by atoms with Crippen LogP contribution in [0, 0.1) is 98.6 Å². The van der Waals surface area contributed by atoms with Crippen molar-refractivity contribution in [2.24, 2.45) is 98.6 Å². The van der Waals surface area contributed by atoms with Crippen molar-refractivity contribution in [3.8, 4) is 0 Å². The number of fused-ring (bicyclic) bond motifs is 10. The SMILES string of the molecule is C/C=C1/C(=O)C2C(CC[C@@]3(C)C2CCC3[C@H](C)CCC(=O)OC)[C@@]2(C)CC[C@@H](O)CC12.CC=O.COC(=O)CC[C@@H](C)C1CCC2C3C(O[Si](C)(C)C)=CC4C[C@H](C)CC[C@]4(C)C3CC[C@@]21C. The number of allylic oxidation sites excluding steroid dienone is 4. The number of methoxy groups -OCH3 is 2. The zero-order valence-electron chi connectivity index (χ0n) is 44.8. The molecule has 0 aliphatic heterocycles. The first-order chi connectivity index (χ1) is 31.5. The molecule has 8 nitrogen and oxygen atoms in total. The summed E-state index contributed by atoms with van der Waals surface area (Å²) in [6, 6.07) is 0. The summed E-state index contributed by atoms with van der Waals surface area (Å²) in [4.78, 5) is 46.2. The molecule has 0 heterocycles. The van der Waals surface area contributed by atoms with Crippen LogP contribution < -0.4 is 0 Å². The van der Waals surface area contributed by atoms with Gasteiger partial charge in [-0.1, -0.05) is 61.0 Å². The van der Waals surface area contributed by atoms with E-state index in [1.165, 1.54) is 84.7 Å². The maximum absolute atomic E-state index is 13.9. The first-order valence-electron chi connectivity index (χ1n) is 27.3. The first-order valence-corrected chi connectivity index (χ1v) is 30.7. The molecule has 0 saturated heterocycles. The van der Waals surface area contributed by atoms with E-state index < -0.39 is 8.32 Å². The van der Waals surface area contributed by atoms with Gasteiger partial charge in [-0.05, 0) is 228 Å². The zero-order chi connectivity index (χ0) is 49.4. The fraction of sp³-hybridized carbons (Fsp3) is 0.862. The summed E-state index contributed by atoms with van der Waals surface area (Å²) in [6.45, 7) is 27.8. The van der Waals surface area contributed by atoms with Crippen LogP contribution >= 0.6 is 0 Å². The molecule has 7 fully saturated rings. The lowest BCUT2D eigenvalue weighted by Gasteiger charge is -2.61. The first kappa shape index (κ1) is 54.1. The maximum atomic E-state index is 13.9. The fourth-order valence-electron chi connectivity index (χ4n) is 17.8. The number of hydrogen-bond acceptors (Lipinski definition) is 8. The van der Waals surface area contributed by atoms with Crippen LogP contribution in [0.15, 0.2) is 23.5 Å². The van der Waals surface area contributed by atoms with Crippen molar-refractivity contribution in [1.82, 2.24) is 0 Å². The van der Waals surface area contributed by atoms with E-state index in [0.29, 0.717) is 76.8 Å². The number of ether oxygens (including phenoxy) is 2. The van der Waals surface area contributed by atoms with Crippen molar-refractivity contribution in [2.45, 2.75) is 204 Å². The second-order valence-electron chi connectivity index (χ2n) is 25.7. The van der Waals surface area contributed by atoms with E-state index >= 15 is 0 Å². The zero-order valence-corrected chi connectivity index (χ0v) is 45.8. The third-order valence-electron chi connectivity index (χ3n) is 21.2. The summed E-state index contributed by atoms with van der Waals surface area (Å²) >= 11 is 0. The Morgan fingerprint density at radius 3 is 1.67 bits per heavy atom. The summed E-state index contributed by atoms with van der Waals surface area (Å²) in [7, 11) is 1.30.